The van der Waals surface area contributed by atoms with E-state index in [2.05, 4.69) is 11.2 Å². The number of carbonyl (C=O) groups excluding carboxylic acids is 1. The van der Waals surface area contributed by atoms with E-state index in [4.69, 9.17) is 16.9 Å². The van der Waals surface area contributed by atoms with E-state index in [0.29, 0.717) is 30.8 Å². The number of benzene rings is 1. The Bertz CT molecular complexity index is 850. The Morgan fingerprint density at radius 1 is 1.33 bits per heavy atom. The van der Waals surface area contributed by atoms with Gasteiger partial charge in [0.15, 0.2) is 0 Å². The second-order valence-electron chi connectivity index (χ2n) is 7.08. The monoisotopic (exact) mass is 384 g/mol. The third kappa shape index (κ3) is 4.33. The SMILES string of the molecule is Cc1nn(CCC#N)c(C)c1CCC(=O)N1CCC[C@@H]1c1ccc(Cl)cc1. The van der Waals surface area contributed by atoms with Gasteiger partial charge in [-0.15, -0.1) is 0 Å². The minimum atomic E-state index is 0.148. The van der Waals surface area contributed by atoms with Crippen molar-refractivity contribution in [2.24, 2.45) is 0 Å². The minimum absolute atomic E-state index is 0.148. The van der Waals surface area contributed by atoms with Crippen molar-refractivity contribution in [3.05, 3.63) is 51.8 Å². The van der Waals surface area contributed by atoms with Crippen molar-refractivity contribution in [2.75, 3.05) is 6.54 Å². The van der Waals surface area contributed by atoms with Gasteiger partial charge in [-0.05, 0) is 56.4 Å². The number of amides is 1. The lowest BCUT2D eigenvalue weighted by Crippen LogP contribution is -2.30. The van der Waals surface area contributed by atoms with Crippen molar-refractivity contribution >= 4 is 17.5 Å². The number of carbonyl (C=O) groups is 1. The molecule has 2 heterocycles. The van der Waals surface area contributed by atoms with E-state index in [-0.39, 0.29) is 11.9 Å². The van der Waals surface area contributed by atoms with Gasteiger partial charge < -0.3 is 4.90 Å². The van der Waals surface area contributed by atoms with E-state index in [9.17, 15) is 4.79 Å². The van der Waals surface area contributed by atoms with Gasteiger partial charge in [0.25, 0.3) is 0 Å². The predicted molar refractivity (Wildman–Crippen MR) is 105 cm³/mol. The van der Waals surface area contributed by atoms with Crippen LogP contribution in [0.4, 0.5) is 0 Å². The molecule has 0 spiro atoms. The molecule has 1 aliphatic rings. The van der Waals surface area contributed by atoms with Crippen molar-refractivity contribution < 1.29 is 4.79 Å². The van der Waals surface area contributed by atoms with Crippen LogP contribution >= 0.6 is 11.6 Å². The average molecular weight is 385 g/mol. The Morgan fingerprint density at radius 3 is 2.78 bits per heavy atom. The second-order valence-corrected chi connectivity index (χ2v) is 7.51. The molecule has 1 aromatic heterocycles. The van der Waals surface area contributed by atoms with Gasteiger partial charge in [-0.3, -0.25) is 9.48 Å². The van der Waals surface area contributed by atoms with Crippen molar-refractivity contribution in [1.29, 1.82) is 5.26 Å². The van der Waals surface area contributed by atoms with E-state index in [1.54, 1.807) is 0 Å². The molecule has 6 heteroatoms. The van der Waals surface area contributed by atoms with Crippen LogP contribution in [0.1, 0.15) is 54.2 Å². The zero-order valence-electron chi connectivity index (χ0n) is 15.9. The van der Waals surface area contributed by atoms with Crippen LogP contribution in [0, 0.1) is 25.2 Å². The van der Waals surface area contributed by atoms with E-state index in [1.165, 1.54) is 0 Å². The largest absolute Gasteiger partial charge is 0.336 e. The van der Waals surface area contributed by atoms with E-state index in [1.807, 2.05) is 47.7 Å². The number of likely N-dealkylation sites (tertiary alicyclic amines) is 1. The lowest BCUT2D eigenvalue weighted by Gasteiger charge is -2.25. The third-order valence-corrected chi connectivity index (χ3v) is 5.64. The number of halogens is 1. The first-order chi connectivity index (χ1) is 13.0. The maximum Gasteiger partial charge on any atom is 0.223 e. The second kappa shape index (κ2) is 8.58. The Kier molecular flexibility index (Phi) is 6.18. The van der Waals surface area contributed by atoms with Crippen LogP contribution in [0.3, 0.4) is 0 Å². The number of nitriles is 1. The van der Waals surface area contributed by atoms with Gasteiger partial charge in [0.2, 0.25) is 5.91 Å². The van der Waals surface area contributed by atoms with E-state index < -0.39 is 0 Å². The quantitative estimate of drug-likeness (QED) is 0.743. The maximum absolute atomic E-state index is 12.9. The van der Waals surface area contributed by atoms with Gasteiger partial charge >= 0.3 is 0 Å². The topological polar surface area (TPSA) is 61.9 Å². The highest BCUT2D eigenvalue weighted by molar-refractivity contribution is 6.30. The number of hydrogen-bond acceptors (Lipinski definition) is 3. The summed E-state index contributed by atoms with van der Waals surface area (Å²) in [7, 11) is 0. The Hall–Kier alpha value is -2.32. The highest BCUT2D eigenvalue weighted by Crippen LogP contribution is 2.33. The van der Waals surface area contributed by atoms with Crippen molar-refractivity contribution in [2.45, 2.75) is 58.5 Å². The summed E-state index contributed by atoms with van der Waals surface area (Å²) in [6.45, 7) is 5.40. The summed E-state index contributed by atoms with van der Waals surface area (Å²) in [6, 6.07) is 10.1. The Balaban J connectivity index is 1.66. The van der Waals surface area contributed by atoms with Gasteiger partial charge in [-0.25, -0.2) is 0 Å². The lowest BCUT2D eigenvalue weighted by atomic mass is 10.0. The number of nitrogens with zero attached hydrogens (tertiary/aromatic N) is 4. The molecule has 1 aliphatic heterocycles. The molecular weight excluding hydrogens is 360 g/mol. The van der Waals surface area contributed by atoms with Gasteiger partial charge in [-0.1, -0.05) is 23.7 Å². The molecule has 1 aromatic carbocycles. The standard InChI is InChI=1S/C21H25ClN4O/c1-15-19(16(2)26(24-15)14-4-12-23)10-11-21(27)25-13-3-5-20(25)17-6-8-18(22)9-7-17/h6-9,20H,3-5,10-11,13-14H2,1-2H3/t20-/m1/s1. The molecular formula is C21H25ClN4O. The first kappa shape index (κ1) is 19.4. The van der Waals surface area contributed by atoms with Gasteiger partial charge in [0.1, 0.15) is 0 Å². The molecule has 2 aromatic rings. The summed E-state index contributed by atoms with van der Waals surface area (Å²) in [5.74, 6) is 0.191. The van der Waals surface area contributed by atoms with Crippen molar-refractivity contribution in [3.63, 3.8) is 0 Å². The molecule has 1 atom stereocenters. The first-order valence-electron chi connectivity index (χ1n) is 9.46. The fraction of sp³-hybridized carbons (Fsp3) is 0.476. The summed E-state index contributed by atoms with van der Waals surface area (Å²) >= 11 is 5.99. The fourth-order valence-electron chi connectivity index (χ4n) is 3.94. The summed E-state index contributed by atoms with van der Waals surface area (Å²) < 4.78 is 1.88. The molecule has 1 saturated heterocycles. The molecule has 0 radical (unpaired) electrons. The van der Waals surface area contributed by atoms with Crippen LogP contribution < -0.4 is 0 Å². The number of aryl methyl sites for hydroxylation is 2. The molecule has 0 bridgehead atoms. The van der Waals surface area contributed by atoms with Crippen LogP contribution in [-0.4, -0.2) is 27.1 Å². The Labute approximate surface area is 165 Å². The lowest BCUT2D eigenvalue weighted by molar-refractivity contribution is -0.132. The average Bonchev–Trinajstić information content (AvgIpc) is 3.24. The van der Waals surface area contributed by atoms with Crippen LogP contribution in [0.2, 0.25) is 5.02 Å². The van der Waals surface area contributed by atoms with E-state index >= 15 is 0 Å². The zero-order valence-corrected chi connectivity index (χ0v) is 16.7. The molecule has 1 fully saturated rings. The minimum Gasteiger partial charge on any atom is -0.336 e. The predicted octanol–water partition coefficient (Wildman–Crippen LogP) is 4.36. The van der Waals surface area contributed by atoms with Crippen molar-refractivity contribution in [1.82, 2.24) is 14.7 Å². The number of aromatic nitrogens is 2. The van der Waals surface area contributed by atoms with Crippen LogP contribution in [-0.2, 0) is 17.8 Å². The molecule has 0 saturated carbocycles. The molecule has 0 unspecified atom stereocenters. The van der Waals surface area contributed by atoms with Crippen LogP contribution in [0.15, 0.2) is 24.3 Å². The molecule has 5 nitrogen and oxygen atoms in total. The van der Waals surface area contributed by atoms with E-state index in [0.717, 1.165) is 41.9 Å². The molecule has 142 valence electrons. The highest BCUT2D eigenvalue weighted by Gasteiger charge is 2.29. The Morgan fingerprint density at radius 2 is 2.07 bits per heavy atom. The molecule has 27 heavy (non-hydrogen) atoms. The normalized spacial score (nSPS) is 16.5. The summed E-state index contributed by atoms with van der Waals surface area (Å²) in [4.78, 5) is 14.9. The summed E-state index contributed by atoms with van der Waals surface area (Å²) in [5.41, 5.74) is 4.30. The fourth-order valence-corrected chi connectivity index (χ4v) is 4.07. The maximum atomic E-state index is 12.9. The van der Waals surface area contributed by atoms with Gasteiger partial charge in [-0.2, -0.15) is 10.4 Å². The third-order valence-electron chi connectivity index (χ3n) is 5.38. The first-order valence-corrected chi connectivity index (χ1v) is 9.84. The van der Waals surface area contributed by atoms with Crippen molar-refractivity contribution in [3.8, 4) is 6.07 Å². The molecule has 0 N–H and O–H groups in total. The highest BCUT2D eigenvalue weighted by atomic mass is 35.5. The molecule has 0 aliphatic carbocycles. The molecule has 1 amide bonds. The summed E-state index contributed by atoms with van der Waals surface area (Å²) in [5, 5.41) is 14.0. The van der Waals surface area contributed by atoms with Crippen LogP contribution in [0.25, 0.3) is 0 Å². The van der Waals surface area contributed by atoms with Gasteiger partial charge in [0, 0.05) is 23.7 Å². The number of rotatable bonds is 6. The van der Waals surface area contributed by atoms with Gasteiger partial charge in [0.05, 0.1) is 30.8 Å². The number of hydrogen-bond donors (Lipinski definition) is 0. The zero-order chi connectivity index (χ0) is 19.4. The summed E-state index contributed by atoms with van der Waals surface area (Å²) in [6.07, 6.45) is 3.64. The molecule has 3 rings (SSSR count). The smallest absolute Gasteiger partial charge is 0.223 e. The van der Waals surface area contributed by atoms with Crippen LogP contribution in [0.5, 0.6) is 0 Å².